The maximum Gasteiger partial charge on any atom is 0.0922 e. The monoisotopic (exact) mass is 334 g/mol. The van der Waals surface area contributed by atoms with Gasteiger partial charge in [-0.3, -0.25) is 4.98 Å². The van der Waals surface area contributed by atoms with Crippen molar-refractivity contribution in [3.05, 3.63) is 70.6 Å². The number of nitrogens with one attached hydrogen (secondary N) is 2. The van der Waals surface area contributed by atoms with Crippen molar-refractivity contribution in [2.24, 2.45) is 0 Å². The summed E-state index contributed by atoms with van der Waals surface area (Å²) in [5.41, 5.74) is 6.39. The van der Waals surface area contributed by atoms with E-state index in [0.717, 1.165) is 40.2 Å². The Balaban J connectivity index is 1.69. The molecule has 118 valence electrons. The predicted molar refractivity (Wildman–Crippen MR) is 96.4 cm³/mol. The Morgan fingerprint density at radius 2 is 1.96 bits per heavy atom. The normalized spacial score (nSPS) is 17.3. The molecule has 0 fully saturated rings. The van der Waals surface area contributed by atoms with Gasteiger partial charge < -0.3 is 10.3 Å². The van der Waals surface area contributed by atoms with E-state index in [-0.39, 0.29) is 6.04 Å². The number of nitrogens with zero attached hydrogens (tertiary/aromatic N) is 2. The molecule has 0 bridgehead atoms. The molecule has 0 saturated heterocycles. The fourth-order valence-electron chi connectivity index (χ4n) is 3.56. The van der Waals surface area contributed by atoms with Gasteiger partial charge in [-0.2, -0.15) is 0 Å². The number of H-pyrrole nitrogens is 1. The zero-order valence-electron chi connectivity index (χ0n) is 12.9. The molecule has 5 heteroatoms. The van der Waals surface area contributed by atoms with Crippen LogP contribution in [0.2, 0.25) is 5.02 Å². The molecule has 1 atom stereocenters. The first-order valence-electron chi connectivity index (χ1n) is 8.05. The van der Waals surface area contributed by atoms with Crippen molar-refractivity contribution in [1.82, 2.24) is 20.3 Å². The van der Waals surface area contributed by atoms with Gasteiger partial charge in [0.1, 0.15) is 0 Å². The standard InChI is InChI=1S/C19H15ClN4/c20-11-5-6-14-13(9-11)12-7-8-21-19(18(12)24-14)17-10-22-15-3-1-2-4-16(15)23-17/h1-6,9-10,19,21,24H,7-8H2. The van der Waals surface area contributed by atoms with Gasteiger partial charge in [-0.15, -0.1) is 0 Å². The molecule has 24 heavy (non-hydrogen) atoms. The van der Waals surface area contributed by atoms with Gasteiger partial charge in [-0.05, 0) is 42.3 Å². The summed E-state index contributed by atoms with van der Waals surface area (Å²) in [6.07, 6.45) is 2.85. The quantitative estimate of drug-likeness (QED) is 0.553. The van der Waals surface area contributed by atoms with E-state index in [1.807, 2.05) is 48.7 Å². The van der Waals surface area contributed by atoms with E-state index in [1.54, 1.807) is 0 Å². The molecule has 4 nitrogen and oxygen atoms in total. The highest BCUT2D eigenvalue weighted by molar-refractivity contribution is 6.31. The minimum Gasteiger partial charge on any atom is -0.357 e. The van der Waals surface area contributed by atoms with Crippen LogP contribution in [-0.2, 0) is 6.42 Å². The van der Waals surface area contributed by atoms with Crippen molar-refractivity contribution in [2.75, 3.05) is 6.54 Å². The number of rotatable bonds is 1. The number of para-hydroxylation sites is 2. The van der Waals surface area contributed by atoms with E-state index in [1.165, 1.54) is 16.6 Å². The molecule has 0 amide bonds. The molecule has 1 aliphatic rings. The lowest BCUT2D eigenvalue weighted by Crippen LogP contribution is -2.31. The van der Waals surface area contributed by atoms with Crippen LogP contribution >= 0.6 is 11.6 Å². The lowest BCUT2D eigenvalue weighted by Gasteiger charge is -2.24. The van der Waals surface area contributed by atoms with Crippen molar-refractivity contribution in [1.29, 1.82) is 0 Å². The zero-order valence-corrected chi connectivity index (χ0v) is 13.6. The number of aromatic amines is 1. The molecule has 1 unspecified atom stereocenters. The lowest BCUT2D eigenvalue weighted by atomic mass is 9.97. The number of fused-ring (bicyclic) bond motifs is 4. The average molecular weight is 335 g/mol. The third-order valence-corrected chi connectivity index (χ3v) is 4.91. The van der Waals surface area contributed by atoms with Crippen LogP contribution in [0.5, 0.6) is 0 Å². The van der Waals surface area contributed by atoms with Crippen molar-refractivity contribution in [3.63, 3.8) is 0 Å². The summed E-state index contributed by atoms with van der Waals surface area (Å²) in [7, 11) is 0. The second-order valence-electron chi connectivity index (χ2n) is 6.13. The van der Waals surface area contributed by atoms with Gasteiger partial charge >= 0.3 is 0 Å². The molecule has 1 aliphatic heterocycles. The van der Waals surface area contributed by atoms with Gasteiger partial charge in [-0.1, -0.05) is 23.7 Å². The minimum absolute atomic E-state index is 0.0250. The third kappa shape index (κ3) is 2.11. The maximum atomic E-state index is 6.18. The Morgan fingerprint density at radius 1 is 1.08 bits per heavy atom. The van der Waals surface area contributed by atoms with E-state index >= 15 is 0 Å². The van der Waals surface area contributed by atoms with Crippen molar-refractivity contribution >= 4 is 33.5 Å². The van der Waals surface area contributed by atoms with Crippen LogP contribution in [0.15, 0.2) is 48.7 Å². The van der Waals surface area contributed by atoms with Gasteiger partial charge in [0.25, 0.3) is 0 Å². The summed E-state index contributed by atoms with van der Waals surface area (Å²) in [6, 6.07) is 14.0. The number of hydrogen-bond acceptors (Lipinski definition) is 3. The van der Waals surface area contributed by atoms with Gasteiger partial charge in [-0.25, -0.2) is 4.98 Å². The number of halogens is 1. The fraction of sp³-hybridized carbons (Fsp3) is 0.158. The number of benzene rings is 2. The van der Waals surface area contributed by atoms with Crippen LogP contribution in [0.25, 0.3) is 21.9 Å². The lowest BCUT2D eigenvalue weighted by molar-refractivity contribution is 0.549. The van der Waals surface area contributed by atoms with E-state index in [2.05, 4.69) is 15.3 Å². The fourth-order valence-corrected chi connectivity index (χ4v) is 3.74. The summed E-state index contributed by atoms with van der Waals surface area (Å²) in [5, 5.41) is 5.54. The van der Waals surface area contributed by atoms with Crippen molar-refractivity contribution in [2.45, 2.75) is 12.5 Å². The maximum absolute atomic E-state index is 6.18. The van der Waals surface area contributed by atoms with Crippen molar-refractivity contribution < 1.29 is 0 Å². The zero-order chi connectivity index (χ0) is 16.1. The van der Waals surface area contributed by atoms with E-state index < -0.39 is 0 Å². The van der Waals surface area contributed by atoms with Gasteiger partial charge in [0, 0.05) is 28.2 Å². The van der Waals surface area contributed by atoms with E-state index in [9.17, 15) is 0 Å². The summed E-state index contributed by atoms with van der Waals surface area (Å²) in [4.78, 5) is 12.9. The molecule has 2 N–H and O–H groups in total. The molecular formula is C19H15ClN4. The Labute approximate surface area is 143 Å². The number of aromatic nitrogens is 3. The Hall–Kier alpha value is -2.43. The molecule has 0 spiro atoms. The predicted octanol–water partition coefficient (Wildman–Crippen LogP) is 4.00. The van der Waals surface area contributed by atoms with Crippen molar-refractivity contribution in [3.8, 4) is 0 Å². The molecule has 0 saturated carbocycles. The van der Waals surface area contributed by atoms with E-state index in [4.69, 9.17) is 16.6 Å². The second kappa shape index (κ2) is 5.30. The van der Waals surface area contributed by atoms with Crippen LogP contribution in [0, 0.1) is 0 Å². The van der Waals surface area contributed by atoms with Crippen LogP contribution in [-0.4, -0.2) is 21.5 Å². The summed E-state index contributed by atoms with van der Waals surface area (Å²) in [6.45, 7) is 0.908. The first kappa shape index (κ1) is 14.0. The largest absolute Gasteiger partial charge is 0.357 e. The van der Waals surface area contributed by atoms with E-state index in [0.29, 0.717) is 0 Å². The molecule has 5 rings (SSSR count). The van der Waals surface area contributed by atoms with Gasteiger partial charge in [0.15, 0.2) is 0 Å². The molecule has 2 aromatic carbocycles. The first-order valence-corrected chi connectivity index (χ1v) is 8.42. The first-order chi connectivity index (χ1) is 11.8. The molecule has 3 heterocycles. The SMILES string of the molecule is Clc1ccc2[nH]c3c(c2c1)CCNC3c1cnc2ccccc2n1. The van der Waals surface area contributed by atoms with Crippen LogP contribution < -0.4 is 5.32 Å². The highest BCUT2D eigenvalue weighted by Crippen LogP contribution is 2.34. The van der Waals surface area contributed by atoms with Crippen LogP contribution in [0.4, 0.5) is 0 Å². The summed E-state index contributed by atoms with van der Waals surface area (Å²) in [5.74, 6) is 0. The summed E-state index contributed by atoms with van der Waals surface area (Å²) >= 11 is 6.18. The van der Waals surface area contributed by atoms with Gasteiger partial charge in [0.05, 0.1) is 29.0 Å². The topological polar surface area (TPSA) is 53.6 Å². The number of hydrogen-bond donors (Lipinski definition) is 2. The molecule has 0 aliphatic carbocycles. The smallest absolute Gasteiger partial charge is 0.0922 e. The van der Waals surface area contributed by atoms with Crippen LogP contribution in [0.3, 0.4) is 0 Å². The Morgan fingerprint density at radius 3 is 2.88 bits per heavy atom. The Bertz CT molecular complexity index is 1070. The van der Waals surface area contributed by atoms with Crippen LogP contribution in [0.1, 0.15) is 23.0 Å². The average Bonchev–Trinajstić information content (AvgIpc) is 2.99. The molecule has 0 radical (unpaired) electrons. The molecule has 2 aromatic heterocycles. The molecular weight excluding hydrogens is 320 g/mol. The Kier molecular flexibility index (Phi) is 3.08. The third-order valence-electron chi connectivity index (χ3n) is 4.68. The highest BCUT2D eigenvalue weighted by Gasteiger charge is 2.26. The van der Waals surface area contributed by atoms with Gasteiger partial charge in [0.2, 0.25) is 0 Å². The summed E-state index contributed by atoms with van der Waals surface area (Å²) < 4.78 is 0. The molecule has 4 aromatic rings. The minimum atomic E-state index is 0.0250. The highest BCUT2D eigenvalue weighted by atomic mass is 35.5. The second-order valence-corrected chi connectivity index (χ2v) is 6.56.